The van der Waals surface area contributed by atoms with Gasteiger partial charge in [-0.25, -0.2) is 4.98 Å². The molecular formula is C20H16N4O2S. The third-order valence-corrected chi connectivity index (χ3v) is 4.99. The summed E-state index contributed by atoms with van der Waals surface area (Å²) in [6.07, 6.45) is 0.981. The molecule has 0 radical (unpaired) electrons. The number of rotatable bonds is 5. The Hall–Kier alpha value is -3.37. The molecule has 0 aliphatic carbocycles. The first-order chi connectivity index (χ1) is 13.3. The molecule has 4 rings (SSSR count). The maximum Gasteiger partial charge on any atom is 0.231 e. The molecule has 0 amide bonds. The minimum Gasteiger partial charge on any atom is -0.454 e. The number of thiazole rings is 1. The van der Waals surface area contributed by atoms with E-state index in [1.54, 1.807) is 0 Å². The Labute approximate surface area is 160 Å². The first kappa shape index (κ1) is 17.1. The topological polar surface area (TPSA) is 79.5 Å². The number of anilines is 1. The van der Waals surface area contributed by atoms with Gasteiger partial charge in [0.05, 0.1) is 11.4 Å². The highest BCUT2D eigenvalue weighted by Crippen LogP contribution is 2.36. The van der Waals surface area contributed by atoms with Gasteiger partial charge in [-0.1, -0.05) is 19.1 Å². The molecule has 2 heterocycles. The van der Waals surface area contributed by atoms with E-state index in [0.717, 1.165) is 29.1 Å². The number of hydrogen-bond donors (Lipinski definition) is 1. The SMILES string of the molecule is CCc1ccc(N/N=C(\C#N)c2nc(-c3ccc4c(c3)OCO4)cs2)cc1. The number of aryl methyl sites for hydroxylation is 1. The molecule has 1 aliphatic heterocycles. The van der Waals surface area contributed by atoms with E-state index in [9.17, 15) is 5.26 Å². The van der Waals surface area contributed by atoms with Gasteiger partial charge >= 0.3 is 0 Å². The van der Waals surface area contributed by atoms with E-state index in [-0.39, 0.29) is 12.5 Å². The summed E-state index contributed by atoms with van der Waals surface area (Å²) in [5, 5.41) is 16.1. The summed E-state index contributed by atoms with van der Waals surface area (Å²) in [7, 11) is 0. The van der Waals surface area contributed by atoms with Crippen LogP contribution in [0.25, 0.3) is 11.3 Å². The number of nitrogens with one attached hydrogen (secondary N) is 1. The molecule has 0 fully saturated rings. The van der Waals surface area contributed by atoms with Gasteiger partial charge < -0.3 is 9.47 Å². The third kappa shape index (κ3) is 3.61. The number of hydrogen-bond acceptors (Lipinski definition) is 7. The van der Waals surface area contributed by atoms with E-state index < -0.39 is 0 Å². The molecule has 0 bridgehead atoms. The predicted molar refractivity (Wildman–Crippen MR) is 105 cm³/mol. The summed E-state index contributed by atoms with van der Waals surface area (Å²) in [6.45, 7) is 2.34. The summed E-state index contributed by atoms with van der Waals surface area (Å²) >= 11 is 1.38. The van der Waals surface area contributed by atoms with Crippen molar-refractivity contribution in [1.29, 1.82) is 5.26 Å². The van der Waals surface area contributed by atoms with Gasteiger partial charge in [-0.2, -0.15) is 10.4 Å². The molecule has 0 saturated heterocycles. The minimum atomic E-state index is 0.233. The first-order valence-corrected chi connectivity index (χ1v) is 9.33. The molecule has 1 aliphatic rings. The Kier molecular flexibility index (Phi) is 4.73. The van der Waals surface area contributed by atoms with E-state index in [4.69, 9.17) is 9.47 Å². The molecule has 0 saturated carbocycles. The maximum atomic E-state index is 9.46. The van der Waals surface area contributed by atoms with Gasteiger partial charge in [-0.05, 0) is 42.3 Å². The van der Waals surface area contributed by atoms with Gasteiger partial charge in [-0.15, -0.1) is 11.3 Å². The van der Waals surface area contributed by atoms with Crippen LogP contribution in [-0.4, -0.2) is 17.5 Å². The summed E-state index contributed by atoms with van der Waals surface area (Å²) in [5.41, 5.74) is 6.91. The predicted octanol–water partition coefficient (Wildman–Crippen LogP) is 4.44. The number of benzene rings is 2. The monoisotopic (exact) mass is 376 g/mol. The molecule has 0 atom stereocenters. The highest BCUT2D eigenvalue weighted by molar-refractivity contribution is 7.12. The smallest absolute Gasteiger partial charge is 0.231 e. The van der Waals surface area contributed by atoms with Gasteiger partial charge in [0.1, 0.15) is 6.07 Å². The average Bonchev–Trinajstić information content (AvgIpc) is 3.38. The lowest BCUT2D eigenvalue weighted by molar-refractivity contribution is 0.174. The van der Waals surface area contributed by atoms with Crippen LogP contribution in [-0.2, 0) is 6.42 Å². The molecule has 3 aromatic rings. The minimum absolute atomic E-state index is 0.233. The number of hydrazone groups is 1. The Balaban J connectivity index is 1.54. The number of ether oxygens (including phenoxy) is 2. The number of nitriles is 1. The molecule has 1 aromatic heterocycles. The highest BCUT2D eigenvalue weighted by Gasteiger charge is 2.16. The largest absolute Gasteiger partial charge is 0.454 e. The molecular weight excluding hydrogens is 360 g/mol. The second kappa shape index (κ2) is 7.48. The van der Waals surface area contributed by atoms with Gasteiger partial charge in [0.15, 0.2) is 22.2 Å². The van der Waals surface area contributed by atoms with Crippen LogP contribution in [0.3, 0.4) is 0 Å². The molecule has 0 spiro atoms. The molecule has 7 heteroatoms. The van der Waals surface area contributed by atoms with Crippen LogP contribution < -0.4 is 14.9 Å². The van der Waals surface area contributed by atoms with E-state index in [0.29, 0.717) is 10.8 Å². The average molecular weight is 376 g/mol. The summed E-state index contributed by atoms with van der Waals surface area (Å²) < 4.78 is 10.7. The van der Waals surface area contributed by atoms with Crippen molar-refractivity contribution in [2.24, 2.45) is 5.10 Å². The van der Waals surface area contributed by atoms with Crippen molar-refractivity contribution in [1.82, 2.24) is 4.98 Å². The van der Waals surface area contributed by atoms with Crippen LogP contribution in [0.15, 0.2) is 52.9 Å². The van der Waals surface area contributed by atoms with Crippen LogP contribution in [0.4, 0.5) is 5.69 Å². The van der Waals surface area contributed by atoms with Crippen LogP contribution >= 0.6 is 11.3 Å². The lowest BCUT2D eigenvalue weighted by Crippen LogP contribution is -2.01. The second-order valence-corrected chi connectivity index (χ2v) is 6.70. The normalized spacial score (nSPS) is 12.7. The fraction of sp³-hybridized carbons (Fsp3) is 0.150. The van der Waals surface area contributed by atoms with Crippen molar-refractivity contribution >= 4 is 22.7 Å². The summed E-state index contributed by atoms with van der Waals surface area (Å²) in [5.74, 6) is 1.43. The van der Waals surface area contributed by atoms with Gasteiger partial charge in [-0.3, -0.25) is 5.43 Å². The van der Waals surface area contributed by atoms with Crippen molar-refractivity contribution in [2.45, 2.75) is 13.3 Å². The zero-order valence-electron chi connectivity index (χ0n) is 14.6. The lowest BCUT2D eigenvalue weighted by Gasteiger charge is -2.02. The van der Waals surface area contributed by atoms with E-state index in [2.05, 4.69) is 28.5 Å². The van der Waals surface area contributed by atoms with Gasteiger partial charge in [0, 0.05) is 10.9 Å². The molecule has 0 unspecified atom stereocenters. The van der Waals surface area contributed by atoms with Crippen LogP contribution in [0.5, 0.6) is 11.5 Å². The lowest BCUT2D eigenvalue weighted by atomic mass is 10.1. The van der Waals surface area contributed by atoms with Crippen molar-refractivity contribution in [3.05, 3.63) is 58.4 Å². The van der Waals surface area contributed by atoms with Crippen LogP contribution in [0.2, 0.25) is 0 Å². The Morgan fingerprint density at radius 1 is 1.22 bits per heavy atom. The molecule has 2 aromatic carbocycles. The number of nitrogens with zero attached hydrogens (tertiary/aromatic N) is 3. The fourth-order valence-electron chi connectivity index (χ4n) is 2.63. The standard InChI is InChI=1S/C20H16N4O2S/c1-2-13-3-6-15(7-4-13)23-24-16(10-21)20-22-17(11-27-20)14-5-8-18-19(9-14)26-12-25-18/h3-9,11,23H,2,12H2,1H3/b24-16+. The van der Waals surface area contributed by atoms with Crippen molar-refractivity contribution < 1.29 is 9.47 Å². The fourth-order valence-corrected chi connectivity index (χ4v) is 3.39. The highest BCUT2D eigenvalue weighted by atomic mass is 32.1. The Bertz CT molecular complexity index is 1030. The number of aromatic nitrogens is 1. The molecule has 6 nitrogen and oxygen atoms in total. The molecule has 1 N–H and O–H groups in total. The van der Waals surface area contributed by atoms with Gasteiger partial charge in [0.2, 0.25) is 6.79 Å². The maximum absolute atomic E-state index is 9.46. The number of fused-ring (bicyclic) bond motifs is 1. The Morgan fingerprint density at radius 2 is 2.04 bits per heavy atom. The van der Waals surface area contributed by atoms with Crippen LogP contribution in [0, 0.1) is 11.3 Å². The Morgan fingerprint density at radius 3 is 2.81 bits per heavy atom. The molecule has 27 heavy (non-hydrogen) atoms. The van der Waals surface area contributed by atoms with Crippen molar-refractivity contribution in [2.75, 3.05) is 12.2 Å². The third-order valence-electron chi connectivity index (χ3n) is 4.14. The van der Waals surface area contributed by atoms with Gasteiger partial charge in [0.25, 0.3) is 0 Å². The van der Waals surface area contributed by atoms with Crippen molar-refractivity contribution in [3.63, 3.8) is 0 Å². The summed E-state index contributed by atoms with van der Waals surface area (Å²) in [6, 6.07) is 15.7. The van der Waals surface area contributed by atoms with E-state index >= 15 is 0 Å². The van der Waals surface area contributed by atoms with Crippen LogP contribution in [0.1, 0.15) is 17.5 Å². The quantitative estimate of drug-likeness (QED) is 0.526. The van der Waals surface area contributed by atoms with E-state index in [1.807, 2.05) is 47.8 Å². The zero-order valence-corrected chi connectivity index (χ0v) is 15.4. The van der Waals surface area contributed by atoms with E-state index in [1.165, 1.54) is 16.9 Å². The molecule has 134 valence electrons. The zero-order chi connectivity index (χ0) is 18.6. The second-order valence-electron chi connectivity index (χ2n) is 5.84. The van der Waals surface area contributed by atoms with Crippen molar-refractivity contribution in [3.8, 4) is 28.8 Å². The summed E-state index contributed by atoms with van der Waals surface area (Å²) in [4.78, 5) is 4.55. The first-order valence-electron chi connectivity index (χ1n) is 8.45.